The first-order chi connectivity index (χ1) is 4.41. The summed E-state index contributed by atoms with van der Waals surface area (Å²) < 4.78 is 4.98. The van der Waals surface area contributed by atoms with Gasteiger partial charge in [-0.25, -0.2) is 0 Å². The van der Waals surface area contributed by atoms with E-state index in [1.807, 2.05) is 0 Å². The van der Waals surface area contributed by atoms with Crippen molar-refractivity contribution in [1.29, 1.82) is 0 Å². The molecular weight excluding hydrogens is 221 g/mol. The van der Waals surface area contributed by atoms with Gasteiger partial charge in [0, 0.05) is 13.2 Å². The molecule has 61 valence electrons. The van der Waals surface area contributed by atoms with Gasteiger partial charge >= 0.3 is 19.5 Å². The summed E-state index contributed by atoms with van der Waals surface area (Å²) in [6.07, 6.45) is 1.50. The Hall–Kier alpha value is 0.213. The van der Waals surface area contributed by atoms with Crippen molar-refractivity contribution in [2.45, 2.75) is 6.92 Å². The van der Waals surface area contributed by atoms with Crippen LogP contribution in [0.15, 0.2) is 0 Å². The predicted octanol–water partition coefficient (Wildman–Crippen LogP) is 0.504. The average molecular weight is 232 g/mol. The van der Waals surface area contributed by atoms with Gasteiger partial charge in [-0.3, -0.25) is 6.29 Å². The summed E-state index contributed by atoms with van der Waals surface area (Å²) in [5, 5.41) is 4.05. The van der Waals surface area contributed by atoms with E-state index in [9.17, 15) is 0 Å². The molecule has 0 unspecified atom stereocenters. The molecule has 0 amide bonds. The predicted molar refractivity (Wildman–Crippen MR) is 35.3 cm³/mol. The van der Waals surface area contributed by atoms with Crippen molar-refractivity contribution < 1.29 is 29.0 Å². The van der Waals surface area contributed by atoms with E-state index in [0.717, 1.165) is 26.3 Å². The molecule has 1 fully saturated rings. The number of rotatable bonds is 0. The third-order valence-electron chi connectivity index (χ3n) is 0.787. The van der Waals surface area contributed by atoms with Gasteiger partial charge in [0.2, 0.25) is 0 Å². The van der Waals surface area contributed by atoms with E-state index >= 15 is 0 Å². The van der Waals surface area contributed by atoms with Crippen molar-refractivity contribution in [3.05, 3.63) is 5.32 Å². The van der Waals surface area contributed by atoms with E-state index < -0.39 is 0 Å². The molecule has 1 saturated heterocycles. The van der Waals surface area contributed by atoms with Crippen molar-refractivity contribution >= 4 is 6.29 Å². The van der Waals surface area contributed by atoms with Crippen LogP contribution in [-0.2, 0) is 29.0 Å². The van der Waals surface area contributed by atoms with E-state index in [-0.39, 0.29) is 19.5 Å². The van der Waals surface area contributed by atoms with Crippen LogP contribution in [0.2, 0.25) is 0 Å². The molecule has 0 aromatic heterocycles. The quantitative estimate of drug-likeness (QED) is 0.450. The first-order valence-corrected chi connectivity index (χ1v) is 2.91. The summed E-state index contributed by atoms with van der Waals surface area (Å²) >= 11 is 0. The summed E-state index contributed by atoms with van der Waals surface area (Å²) in [5.41, 5.74) is 0. The Bertz CT molecular complexity index is 55.3. The molecule has 0 spiro atoms. The standard InChI is InChI=1S/C4H8NO.C2H3O.Rh/c1-3-6-4-2-5-1;1-2-3;/h1-4H2;1H3;/q2*-1;+2. The van der Waals surface area contributed by atoms with E-state index in [4.69, 9.17) is 9.53 Å². The molecule has 1 aliphatic heterocycles. The zero-order valence-electron chi connectivity index (χ0n) is 5.93. The van der Waals surface area contributed by atoms with E-state index in [1.165, 1.54) is 13.2 Å². The fourth-order valence-electron chi connectivity index (χ4n) is 0.472. The fraction of sp³-hybridized carbons (Fsp3) is 0.833. The second kappa shape index (κ2) is 11.9. The van der Waals surface area contributed by atoms with Gasteiger partial charge in [-0.2, -0.15) is 6.92 Å². The molecule has 0 N–H and O–H groups in total. The van der Waals surface area contributed by atoms with Crippen molar-refractivity contribution in [1.82, 2.24) is 0 Å². The second-order valence-corrected chi connectivity index (χ2v) is 1.49. The number of carbonyl (C=O) groups excluding carboxylic acids is 1. The summed E-state index contributed by atoms with van der Waals surface area (Å²) in [7, 11) is 0. The Balaban J connectivity index is 0. The van der Waals surface area contributed by atoms with Crippen LogP contribution in [0.5, 0.6) is 0 Å². The summed E-state index contributed by atoms with van der Waals surface area (Å²) in [4.78, 5) is 8.68. The Kier molecular flexibility index (Phi) is 15.4. The van der Waals surface area contributed by atoms with E-state index in [1.54, 1.807) is 0 Å². The molecule has 3 nitrogen and oxygen atoms in total. The molecule has 0 saturated carbocycles. The number of ether oxygens (including phenoxy) is 1. The van der Waals surface area contributed by atoms with Crippen molar-refractivity contribution in [2.75, 3.05) is 26.3 Å². The molecule has 0 bridgehead atoms. The fourth-order valence-corrected chi connectivity index (χ4v) is 0.472. The van der Waals surface area contributed by atoms with Crippen molar-refractivity contribution in [3.63, 3.8) is 0 Å². The molecule has 1 rings (SSSR count). The molecule has 4 heteroatoms. The molecule has 0 aliphatic carbocycles. The maximum absolute atomic E-state index is 8.68. The van der Waals surface area contributed by atoms with Crippen LogP contribution in [-0.4, -0.2) is 32.6 Å². The number of hydrogen-bond donors (Lipinski definition) is 0. The van der Waals surface area contributed by atoms with Crippen LogP contribution in [0.4, 0.5) is 0 Å². The number of nitrogens with zero attached hydrogens (tertiary/aromatic N) is 1. The third-order valence-corrected chi connectivity index (χ3v) is 0.787. The topological polar surface area (TPSA) is 40.4 Å². The largest absolute Gasteiger partial charge is 2.00 e. The average Bonchev–Trinajstić information content (AvgIpc) is 1.93. The minimum atomic E-state index is 0. The first kappa shape index (κ1) is 12.9. The Morgan fingerprint density at radius 1 is 1.40 bits per heavy atom. The molecule has 0 atom stereocenters. The van der Waals surface area contributed by atoms with Gasteiger partial charge < -0.3 is 14.8 Å². The van der Waals surface area contributed by atoms with E-state index in [0.29, 0.717) is 0 Å². The van der Waals surface area contributed by atoms with Gasteiger partial charge in [0.15, 0.2) is 0 Å². The summed E-state index contributed by atoms with van der Waals surface area (Å²) in [5.74, 6) is 0. The minimum absolute atomic E-state index is 0. The Morgan fingerprint density at radius 3 is 1.90 bits per heavy atom. The van der Waals surface area contributed by atoms with Gasteiger partial charge in [0.1, 0.15) is 0 Å². The number of morpholine rings is 1. The maximum Gasteiger partial charge on any atom is 2.00 e. The van der Waals surface area contributed by atoms with Gasteiger partial charge in [0.25, 0.3) is 0 Å². The zero-order chi connectivity index (χ0) is 6.95. The van der Waals surface area contributed by atoms with Crippen LogP contribution in [0, 0.1) is 0 Å². The molecule has 0 aromatic carbocycles. The Morgan fingerprint density at radius 2 is 1.80 bits per heavy atom. The van der Waals surface area contributed by atoms with Gasteiger partial charge in [0.05, 0.1) is 0 Å². The molecule has 10 heavy (non-hydrogen) atoms. The summed E-state index contributed by atoms with van der Waals surface area (Å²) in [6.45, 7) is 4.79. The zero-order valence-corrected chi connectivity index (χ0v) is 7.56. The molecule has 1 radical (unpaired) electrons. The van der Waals surface area contributed by atoms with Crippen LogP contribution in [0.1, 0.15) is 6.92 Å². The summed E-state index contributed by atoms with van der Waals surface area (Å²) in [6, 6.07) is 0. The molecular formula is C6H11NO2Rh. The van der Waals surface area contributed by atoms with Crippen molar-refractivity contribution in [2.24, 2.45) is 0 Å². The van der Waals surface area contributed by atoms with Crippen LogP contribution in [0.3, 0.4) is 0 Å². The van der Waals surface area contributed by atoms with Crippen LogP contribution in [0.25, 0.3) is 5.32 Å². The first-order valence-electron chi connectivity index (χ1n) is 2.91. The molecule has 1 heterocycles. The third kappa shape index (κ3) is 11.1. The maximum atomic E-state index is 8.68. The van der Waals surface area contributed by atoms with E-state index in [2.05, 4.69) is 5.32 Å². The second-order valence-electron chi connectivity index (χ2n) is 1.49. The van der Waals surface area contributed by atoms with Gasteiger partial charge in [-0.05, 0) is 0 Å². The smallest absolute Gasteiger partial charge is 0.659 e. The van der Waals surface area contributed by atoms with Crippen molar-refractivity contribution in [3.8, 4) is 0 Å². The number of hydrogen-bond acceptors (Lipinski definition) is 2. The molecule has 1 aliphatic rings. The molecule has 0 aromatic rings. The SMILES string of the molecule is C1COCC[N-]1.C[C-]=O.[Rh+2]. The van der Waals surface area contributed by atoms with Gasteiger partial charge in [-0.1, -0.05) is 0 Å². The minimum Gasteiger partial charge on any atom is -0.659 e. The van der Waals surface area contributed by atoms with Crippen LogP contribution < -0.4 is 0 Å². The monoisotopic (exact) mass is 232 g/mol. The Labute approximate surface area is 74.3 Å². The normalized spacial score (nSPS) is 15.7. The van der Waals surface area contributed by atoms with Gasteiger partial charge in [-0.15, -0.1) is 13.1 Å². The van der Waals surface area contributed by atoms with Crippen LogP contribution >= 0.6 is 0 Å².